The average Bonchev–Trinajstić information content (AvgIpc) is 2.80. The highest BCUT2D eigenvalue weighted by Crippen LogP contribution is 2.21. The molecule has 5 heteroatoms. The predicted octanol–water partition coefficient (Wildman–Crippen LogP) is 3.27. The first-order chi connectivity index (χ1) is 8.93. The van der Waals surface area contributed by atoms with Crippen molar-refractivity contribution in [1.29, 1.82) is 0 Å². The van der Waals surface area contributed by atoms with E-state index in [9.17, 15) is 4.79 Å². The van der Waals surface area contributed by atoms with E-state index in [1.807, 2.05) is 38.3 Å². The Morgan fingerprint density at radius 1 is 1.53 bits per heavy atom. The third-order valence-corrected chi connectivity index (χ3v) is 3.58. The van der Waals surface area contributed by atoms with Crippen LogP contribution in [0, 0.1) is 5.41 Å². The fourth-order valence-corrected chi connectivity index (χ4v) is 2.29. The van der Waals surface area contributed by atoms with Crippen LogP contribution in [0.3, 0.4) is 0 Å². The molecule has 0 aliphatic carbocycles. The second-order valence-electron chi connectivity index (χ2n) is 5.33. The second-order valence-corrected chi connectivity index (χ2v) is 6.36. The van der Waals surface area contributed by atoms with Crippen molar-refractivity contribution in [2.75, 3.05) is 7.11 Å². The number of Topliss-reactive ketones (excluding diaryl/α,β-unsaturated/α-hetero) is 1. The van der Waals surface area contributed by atoms with Gasteiger partial charge in [-0.2, -0.15) is 4.89 Å². The van der Waals surface area contributed by atoms with Gasteiger partial charge in [0.1, 0.15) is 5.78 Å². The minimum Gasteiger partial charge on any atom is -0.326 e. The van der Waals surface area contributed by atoms with Crippen LogP contribution in [0.2, 0.25) is 0 Å². The van der Waals surface area contributed by atoms with Crippen molar-refractivity contribution in [1.82, 2.24) is 0 Å². The third-order valence-electron chi connectivity index (χ3n) is 2.69. The molecule has 1 aromatic heterocycles. The van der Waals surface area contributed by atoms with Crippen LogP contribution in [0.5, 0.6) is 0 Å². The summed E-state index contributed by atoms with van der Waals surface area (Å²) in [4.78, 5) is 26.7. The molecular formula is C14H21NO3S. The van der Waals surface area contributed by atoms with Crippen molar-refractivity contribution < 1.29 is 14.6 Å². The SMILES string of the molecule is COOC=N[C@@H](CC(=O)C(C)(C)C)Cc1cccs1. The fourth-order valence-electron chi connectivity index (χ4n) is 1.51. The summed E-state index contributed by atoms with van der Waals surface area (Å²) in [6, 6.07) is 3.93. The first-order valence-electron chi connectivity index (χ1n) is 6.20. The van der Waals surface area contributed by atoms with E-state index >= 15 is 0 Å². The van der Waals surface area contributed by atoms with Gasteiger partial charge in [-0.3, -0.25) is 9.79 Å². The van der Waals surface area contributed by atoms with E-state index in [0.717, 1.165) is 6.42 Å². The number of ketones is 1. The van der Waals surface area contributed by atoms with E-state index < -0.39 is 0 Å². The normalized spacial score (nSPS) is 13.7. The molecule has 0 fully saturated rings. The molecule has 0 amide bonds. The Morgan fingerprint density at radius 3 is 2.79 bits per heavy atom. The van der Waals surface area contributed by atoms with E-state index in [-0.39, 0.29) is 17.2 Å². The molecule has 0 N–H and O–H groups in total. The lowest BCUT2D eigenvalue weighted by molar-refractivity contribution is -0.188. The lowest BCUT2D eigenvalue weighted by Crippen LogP contribution is -2.25. The summed E-state index contributed by atoms with van der Waals surface area (Å²) in [7, 11) is 1.42. The average molecular weight is 283 g/mol. The molecule has 0 radical (unpaired) electrons. The third kappa shape index (κ3) is 5.98. The topological polar surface area (TPSA) is 47.9 Å². The van der Waals surface area contributed by atoms with Crippen LogP contribution >= 0.6 is 11.3 Å². The van der Waals surface area contributed by atoms with Crippen LogP contribution in [0.15, 0.2) is 22.5 Å². The standard InChI is InChI=1S/C14H21NO3S/c1-14(2,3)13(16)9-11(15-10-18-17-4)8-12-6-5-7-19-12/h5-7,10-11H,8-9H2,1-4H3/t11-/m1/s1. The molecule has 1 atom stereocenters. The van der Waals surface area contributed by atoms with E-state index in [1.165, 1.54) is 18.4 Å². The van der Waals surface area contributed by atoms with Crippen molar-refractivity contribution >= 4 is 23.5 Å². The van der Waals surface area contributed by atoms with Crippen LogP contribution in [0.1, 0.15) is 32.1 Å². The Morgan fingerprint density at radius 2 is 2.26 bits per heavy atom. The van der Waals surface area contributed by atoms with Gasteiger partial charge < -0.3 is 4.89 Å². The Hall–Kier alpha value is -1.20. The Bertz CT molecular complexity index is 407. The number of hydrogen-bond donors (Lipinski definition) is 0. The highest BCUT2D eigenvalue weighted by molar-refractivity contribution is 7.09. The molecule has 0 saturated heterocycles. The summed E-state index contributed by atoms with van der Waals surface area (Å²) in [5, 5.41) is 2.02. The summed E-state index contributed by atoms with van der Waals surface area (Å²) in [5.74, 6) is 0.198. The molecule has 0 saturated carbocycles. The van der Waals surface area contributed by atoms with Crippen molar-refractivity contribution in [3.05, 3.63) is 22.4 Å². The fraction of sp³-hybridized carbons (Fsp3) is 0.571. The zero-order valence-electron chi connectivity index (χ0n) is 11.9. The van der Waals surface area contributed by atoms with E-state index in [2.05, 4.69) is 14.8 Å². The second kappa shape index (κ2) is 7.40. The van der Waals surface area contributed by atoms with Gasteiger partial charge in [-0.1, -0.05) is 26.8 Å². The minimum absolute atomic E-state index is 0.111. The Kier molecular flexibility index (Phi) is 6.18. The molecule has 0 spiro atoms. The number of carbonyl (C=O) groups is 1. The molecule has 1 aromatic rings. The Labute approximate surface area is 118 Å². The highest BCUT2D eigenvalue weighted by Gasteiger charge is 2.24. The van der Waals surface area contributed by atoms with E-state index in [4.69, 9.17) is 0 Å². The van der Waals surface area contributed by atoms with Crippen LogP contribution in [-0.2, 0) is 21.0 Å². The van der Waals surface area contributed by atoms with E-state index in [1.54, 1.807) is 11.3 Å². The van der Waals surface area contributed by atoms with Crippen LogP contribution in [0.25, 0.3) is 0 Å². The first-order valence-corrected chi connectivity index (χ1v) is 7.08. The molecular weight excluding hydrogens is 262 g/mol. The molecule has 0 aliphatic heterocycles. The van der Waals surface area contributed by atoms with Crippen LogP contribution in [-0.4, -0.2) is 25.3 Å². The number of aliphatic imine (C=N–C) groups is 1. The molecule has 0 aliphatic rings. The monoisotopic (exact) mass is 283 g/mol. The smallest absolute Gasteiger partial charge is 0.215 e. The number of hydrogen-bond acceptors (Lipinski definition) is 5. The van der Waals surface area contributed by atoms with E-state index in [0.29, 0.717) is 6.42 Å². The van der Waals surface area contributed by atoms with Crippen molar-refractivity contribution in [3.8, 4) is 0 Å². The van der Waals surface area contributed by atoms with Crippen molar-refractivity contribution in [3.63, 3.8) is 0 Å². The zero-order chi connectivity index (χ0) is 14.3. The molecule has 19 heavy (non-hydrogen) atoms. The highest BCUT2D eigenvalue weighted by atomic mass is 32.1. The van der Waals surface area contributed by atoms with Gasteiger partial charge in [0.15, 0.2) is 0 Å². The number of thiophene rings is 1. The van der Waals surface area contributed by atoms with Gasteiger partial charge >= 0.3 is 0 Å². The van der Waals surface area contributed by atoms with Gasteiger partial charge in [0, 0.05) is 23.1 Å². The maximum Gasteiger partial charge on any atom is 0.215 e. The molecule has 0 unspecified atom stereocenters. The van der Waals surface area contributed by atoms with Gasteiger partial charge in [-0.15, -0.1) is 11.3 Å². The molecule has 106 valence electrons. The van der Waals surface area contributed by atoms with Crippen LogP contribution < -0.4 is 0 Å². The Balaban J connectivity index is 2.66. The van der Waals surface area contributed by atoms with Gasteiger partial charge in [-0.05, 0) is 11.4 Å². The molecule has 0 aromatic carbocycles. The summed E-state index contributed by atoms with van der Waals surface area (Å²) < 4.78 is 0. The lowest BCUT2D eigenvalue weighted by atomic mass is 9.86. The summed E-state index contributed by atoms with van der Waals surface area (Å²) in [6.45, 7) is 5.77. The molecule has 1 heterocycles. The predicted molar refractivity (Wildman–Crippen MR) is 77.5 cm³/mol. The molecule has 4 nitrogen and oxygen atoms in total. The maximum absolute atomic E-state index is 12.1. The summed E-state index contributed by atoms with van der Waals surface area (Å²) >= 11 is 1.67. The summed E-state index contributed by atoms with van der Waals surface area (Å²) in [5.41, 5.74) is -0.342. The largest absolute Gasteiger partial charge is 0.326 e. The lowest BCUT2D eigenvalue weighted by Gasteiger charge is -2.19. The molecule has 1 rings (SSSR count). The maximum atomic E-state index is 12.1. The van der Waals surface area contributed by atoms with Gasteiger partial charge in [0.2, 0.25) is 6.40 Å². The quantitative estimate of drug-likeness (QED) is 0.334. The van der Waals surface area contributed by atoms with Crippen molar-refractivity contribution in [2.24, 2.45) is 10.4 Å². The van der Waals surface area contributed by atoms with Crippen molar-refractivity contribution in [2.45, 2.75) is 39.7 Å². The number of rotatable bonds is 7. The van der Waals surface area contributed by atoms with Gasteiger partial charge in [-0.25, -0.2) is 0 Å². The summed E-state index contributed by atoms with van der Waals surface area (Å²) in [6.07, 6.45) is 2.41. The minimum atomic E-state index is -0.342. The molecule has 0 bridgehead atoms. The van der Waals surface area contributed by atoms with Crippen LogP contribution in [0.4, 0.5) is 0 Å². The number of nitrogens with zero attached hydrogens (tertiary/aromatic N) is 1. The zero-order valence-corrected chi connectivity index (χ0v) is 12.7. The number of carbonyl (C=O) groups excluding carboxylic acids is 1. The van der Waals surface area contributed by atoms with Gasteiger partial charge in [0.05, 0.1) is 13.2 Å². The first kappa shape index (κ1) is 15.9. The van der Waals surface area contributed by atoms with Gasteiger partial charge in [0.25, 0.3) is 0 Å².